The van der Waals surface area contributed by atoms with E-state index in [1.807, 2.05) is 40.0 Å². The zero-order valence-electron chi connectivity index (χ0n) is 13.8. The Labute approximate surface area is 137 Å². The number of urea groups is 1. The van der Waals surface area contributed by atoms with Gasteiger partial charge in [-0.3, -0.25) is 4.68 Å². The molecule has 1 aromatic heterocycles. The molecule has 5 nitrogen and oxygen atoms in total. The first-order valence-corrected chi connectivity index (χ1v) is 8.41. The van der Waals surface area contributed by atoms with Crippen molar-refractivity contribution >= 4 is 11.7 Å². The highest BCUT2D eigenvalue weighted by atomic mass is 16.2. The molecule has 2 heterocycles. The van der Waals surface area contributed by atoms with Crippen LogP contribution in [0.25, 0.3) is 0 Å². The van der Waals surface area contributed by atoms with E-state index in [4.69, 9.17) is 0 Å². The molecule has 0 unspecified atom stereocenters. The first-order valence-electron chi connectivity index (χ1n) is 8.41. The molecule has 2 amide bonds. The number of benzene rings is 1. The minimum atomic E-state index is -0.0164. The molecule has 0 bridgehead atoms. The second kappa shape index (κ2) is 6.86. The van der Waals surface area contributed by atoms with Gasteiger partial charge in [-0.15, -0.1) is 0 Å². The lowest BCUT2D eigenvalue weighted by Gasteiger charge is -2.26. The number of carbonyl (C=O) groups is 1. The van der Waals surface area contributed by atoms with Gasteiger partial charge in [-0.05, 0) is 43.9 Å². The lowest BCUT2D eigenvalue weighted by Crippen LogP contribution is -2.35. The third-order valence-electron chi connectivity index (χ3n) is 4.54. The number of nitrogens with one attached hydrogen (secondary N) is 1. The van der Waals surface area contributed by atoms with Gasteiger partial charge in [0.1, 0.15) is 0 Å². The van der Waals surface area contributed by atoms with Crippen molar-refractivity contribution in [3.63, 3.8) is 0 Å². The maximum absolute atomic E-state index is 12.8. The van der Waals surface area contributed by atoms with Crippen molar-refractivity contribution in [3.05, 3.63) is 47.8 Å². The zero-order chi connectivity index (χ0) is 16.2. The van der Waals surface area contributed by atoms with Crippen LogP contribution >= 0.6 is 0 Å². The number of nitrogens with zero attached hydrogens (tertiary/aromatic N) is 3. The fourth-order valence-electron chi connectivity index (χ4n) is 3.35. The van der Waals surface area contributed by atoms with Crippen LogP contribution in [0.2, 0.25) is 0 Å². The smallest absolute Gasteiger partial charge is 0.316 e. The van der Waals surface area contributed by atoms with E-state index < -0.39 is 0 Å². The SMILES string of the molecule is CCc1ccccc1NC(=O)N1CCC[C@H]1c1ccnn1CC. The molecular formula is C18H24N4O. The number of anilines is 1. The number of amides is 2. The van der Waals surface area contributed by atoms with Gasteiger partial charge in [0.15, 0.2) is 0 Å². The first kappa shape index (κ1) is 15.6. The highest BCUT2D eigenvalue weighted by molar-refractivity contribution is 5.90. The number of hydrogen-bond acceptors (Lipinski definition) is 2. The lowest BCUT2D eigenvalue weighted by atomic mass is 10.1. The number of hydrogen-bond donors (Lipinski definition) is 1. The largest absolute Gasteiger partial charge is 0.322 e. The maximum atomic E-state index is 12.8. The van der Waals surface area contributed by atoms with Gasteiger partial charge < -0.3 is 10.2 Å². The summed E-state index contributed by atoms with van der Waals surface area (Å²) < 4.78 is 1.98. The van der Waals surface area contributed by atoms with E-state index in [-0.39, 0.29) is 12.1 Å². The van der Waals surface area contributed by atoms with Gasteiger partial charge in [0.25, 0.3) is 0 Å². The predicted octanol–water partition coefficient (Wildman–Crippen LogP) is 3.83. The Morgan fingerprint density at radius 2 is 2.13 bits per heavy atom. The molecule has 1 N–H and O–H groups in total. The molecule has 0 aliphatic carbocycles. The van der Waals surface area contributed by atoms with E-state index >= 15 is 0 Å². The van der Waals surface area contributed by atoms with Crippen molar-refractivity contribution in [2.24, 2.45) is 0 Å². The standard InChI is InChI=1S/C18H24N4O/c1-3-14-8-5-6-9-15(14)20-18(23)21-13-7-10-16(21)17-11-12-19-22(17)4-2/h5-6,8-9,11-12,16H,3-4,7,10,13H2,1-2H3,(H,20,23)/t16-/m0/s1. The molecule has 3 rings (SSSR count). The van der Waals surface area contributed by atoms with Crippen LogP contribution in [0, 0.1) is 0 Å². The zero-order valence-corrected chi connectivity index (χ0v) is 13.8. The van der Waals surface area contributed by atoms with Gasteiger partial charge in [0.05, 0.1) is 11.7 Å². The van der Waals surface area contributed by atoms with Crippen molar-refractivity contribution in [2.45, 2.75) is 45.7 Å². The van der Waals surface area contributed by atoms with Gasteiger partial charge in [-0.1, -0.05) is 25.1 Å². The number of rotatable bonds is 4. The molecule has 1 saturated heterocycles. The first-order chi connectivity index (χ1) is 11.2. The van der Waals surface area contributed by atoms with Gasteiger partial charge in [-0.25, -0.2) is 4.79 Å². The van der Waals surface area contributed by atoms with Crippen LogP contribution in [-0.2, 0) is 13.0 Å². The Hall–Kier alpha value is -2.30. The Balaban J connectivity index is 1.78. The summed E-state index contributed by atoms with van der Waals surface area (Å²) in [4.78, 5) is 14.7. The van der Waals surface area contributed by atoms with Crippen molar-refractivity contribution in [2.75, 3.05) is 11.9 Å². The molecule has 1 aromatic carbocycles. The minimum Gasteiger partial charge on any atom is -0.316 e. The molecule has 1 aliphatic heterocycles. The Morgan fingerprint density at radius 1 is 1.30 bits per heavy atom. The lowest BCUT2D eigenvalue weighted by molar-refractivity contribution is 0.204. The molecule has 1 atom stereocenters. The average molecular weight is 312 g/mol. The Bertz CT molecular complexity index is 679. The third kappa shape index (κ3) is 3.09. The number of aromatic nitrogens is 2. The summed E-state index contributed by atoms with van der Waals surface area (Å²) in [5, 5.41) is 7.43. The van der Waals surface area contributed by atoms with Gasteiger partial charge >= 0.3 is 6.03 Å². The highest BCUT2D eigenvalue weighted by Gasteiger charge is 2.32. The van der Waals surface area contributed by atoms with Gasteiger partial charge in [-0.2, -0.15) is 5.10 Å². The second-order valence-corrected chi connectivity index (χ2v) is 5.86. The summed E-state index contributed by atoms with van der Waals surface area (Å²) in [6, 6.07) is 10.1. The summed E-state index contributed by atoms with van der Waals surface area (Å²) in [7, 11) is 0. The molecule has 23 heavy (non-hydrogen) atoms. The fourth-order valence-corrected chi connectivity index (χ4v) is 3.35. The normalized spacial score (nSPS) is 17.5. The maximum Gasteiger partial charge on any atom is 0.322 e. The van der Waals surface area contributed by atoms with Crippen LogP contribution in [0.5, 0.6) is 0 Å². The van der Waals surface area contributed by atoms with Crippen molar-refractivity contribution in [1.82, 2.24) is 14.7 Å². The topological polar surface area (TPSA) is 50.2 Å². The Kier molecular flexibility index (Phi) is 4.65. The van der Waals surface area contributed by atoms with Crippen LogP contribution in [0.15, 0.2) is 36.5 Å². The van der Waals surface area contributed by atoms with E-state index in [1.165, 1.54) is 0 Å². The highest BCUT2D eigenvalue weighted by Crippen LogP contribution is 2.32. The van der Waals surface area contributed by atoms with Gasteiger partial charge in [0, 0.05) is 25.0 Å². The summed E-state index contributed by atoms with van der Waals surface area (Å²) >= 11 is 0. The van der Waals surface area contributed by atoms with E-state index in [0.717, 1.165) is 49.3 Å². The van der Waals surface area contributed by atoms with E-state index in [9.17, 15) is 4.79 Å². The van der Waals surface area contributed by atoms with Gasteiger partial charge in [0.2, 0.25) is 0 Å². The molecule has 122 valence electrons. The number of aryl methyl sites for hydroxylation is 2. The van der Waals surface area contributed by atoms with Crippen molar-refractivity contribution in [1.29, 1.82) is 0 Å². The summed E-state index contributed by atoms with van der Waals surface area (Å²) in [6.45, 7) is 5.80. The molecule has 2 aromatic rings. The molecule has 5 heteroatoms. The van der Waals surface area contributed by atoms with E-state index in [2.05, 4.69) is 30.3 Å². The number of para-hydroxylation sites is 1. The number of likely N-dealkylation sites (tertiary alicyclic amines) is 1. The minimum absolute atomic E-state index is 0.0164. The van der Waals surface area contributed by atoms with Crippen molar-refractivity contribution < 1.29 is 4.79 Å². The Morgan fingerprint density at radius 3 is 2.91 bits per heavy atom. The van der Waals surface area contributed by atoms with Crippen LogP contribution in [-0.4, -0.2) is 27.3 Å². The molecule has 1 fully saturated rings. The molecular weight excluding hydrogens is 288 g/mol. The van der Waals surface area contributed by atoms with Crippen LogP contribution < -0.4 is 5.32 Å². The monoisotopic (exact) mass is 312 g/mol. The summed E-state index contributed by atoms with van der Waals surface area (Å²) in [5.41, 5.74) is 3.20. The molecule has 0 spiro atoms. The molecule has 0 radical (unpaired) electrons. The summed E-state index contributed by atoms with van der Waals surface area (Å²) in [6.07, 6.45) is 4.75. The van der Waals surface area contributed by atoms with E-state index in [1.54, 1.807) is 0 Å². The quantitative estimate of drug-likeness (QED) is 0.932. The average Bonchev–Trinajstić information content (AvgIpc) is 3.23. The third-order valence-corrected chi connectivity index (χ3v) is 4.54. The molecule has 0 saturated carbocycles. The number of carbonyl (C=O) groups excluding carboxylic acids is 1. The predicted molar refractivity (Wildman–Crippen MR) is 91.4 cm³/mol. The van der Waals surface area contributed by atoms with Crippen LogP contribution in [0.1, 0.15) is 44.0 Å². The van der Waals surface area contributed by atoms with Crippen LogP contribution in [0.4, 0.5) is 10.5 Å². The second-order valence-electron chi connectivity index (χ2n) is 5.86. The summed E-state index contributed by atoms with van der Waals surface area (Å²) in [5.74, 6) is 0. The van der Waals surface area contributed by atoms with Crippen molar-refractivity contribution in [3.8, 4) is 0 Å². The fraction of sp³-hybridized carbons (Fsp3) is 0.444. The molecule has 1 aliphatic rings. The van der Waals surface area contributed by atoms with E-state index in [0.29, 0.717) is 0 Å². The van der Waals surface area contributed by atoms with Crippen LogP contribution in [0.3, 0.4) is 0 Å².